The molecule has 1 aliphatic rings. The summed E-state index contributed by atoms with van der Waals surface area (Å²) < 4.78 is 1.77. The van der Waals surface area contributed by atoms with Crippen LogP contribution in [0.1, 0.15) is 0 Å². The Morgan fingerprint density at radius 3 is 2.38 bits per heavy atom. The molecule has 0 unspecified atom stereocenters. The van der Waals surface area contributed by atoms with Gasteiger partial charge in [-0.15, -0.1) is 0 Å². The summed E-state index contributed by atoms with van der Waals surface area (Å²) in [7, 11) is 1.90. The minimum atomic E-state index is 0.846. The third-order valence-corrected chi connectivity index (χ3v) is 4.12. The second-order valence-electron chi connectivity index (χ2n) is 5.71. The van der Waals surface area contributed by atoms with Gasteiger partial charge in [-0.3, -0.25) is 9.67 Å². The van der Waals surface area contributed by atoms with E-state index in [2.05, 4.69) is 29.9 Å². The lowest BCUT2D eigenvalue weighted by Crippen LogP contribution is -2.47. The smallest absolute Gasteiger partial charge is 0.147 e. The predicted molar refractivity (Wildman–Crippen MR) is 90.7 cm³/mol. The highest BCUT2D eigenvalue weighted by molar-refractivity contribution is 5.58. The lowest BCUT2D eigenvalue weighted by molar-refractivity contribution is 0.640. The van der Waals surface area contributed by atoms with Crippen LogP contribution in [0.2, 0.25) is 0 Å². The standard InChI is InChI=1S/C16H18N8/c1-22-11-13(8-20-22)14-9-18-10-16(21-14)24-6-4-23(5-7-24)15-2-3-17-12-19-15/h2-3,8-12H,4-7H2,1H3. The van der Waals surface area contributed by atoms with Crippen LogP contribution in [0.5, 0.6) is 0 Å². The van der Waals surface area contributed by atoms with Crippen molar-refractivity contribution in [2.75, 3.05) is 36.0 Å². The van der Waals surface area contributed by atoms with Gasteiger partial charge in [0.05, 0.1) is 24.3 Å². The topological polar surface area (TPSA) is 75.9 Å². The predicted octanol–water partition coefficient (Wildman–Crippen LogP) is 0.994. The zero-order chi connectivity index (χ0) is 16.4. The average Bonchev–Trinajstić information content (AvgIpc) is 3.09. The number of hydrogen-bond donors (Lipinski definition) is 0. The molecular formula is C16H18N8. The number of aryl methyl sites for hydroxylation is 1. The number of rotatable bonds is 3. The molecule has 8 heteroatoms. The Hall–Kier alpha value is -3.03. The first-order valence-corrected chi connectivity index (χ1v) is 7.86. The minimum Gasteiger partial charge on any atom is -0.353 e. The zero-order valence-electron chi connectivity index (χ0n) is 13.4. The monoisotopic (exact) mass is 322 g/mol. The van der Waals surface area contributed by atoms with Gasteiger partial charge in [0, 0.05) is 51.2 Å². The van der Waals surface area contributed by atoms with E-state index in [0.717, 1.165) is 49.1 Å². The van der Waals surface area contributed by atoms with Crippen molar-refractivity contribution in [2.24, 2.45) is 7.05 Å². The molecule has 3 aromatic rings. The second-order valence-corrected chi connectivity index (χ2v) is 5.71. The van der Waals surface area contributed by atoms with Crippen LogP contribution in [0.4, 0.5) is 11.6 Å². The summed E-state index contributed by atoms with van der Waals surface area (Å²) in [5, 5.41) is 4.20. The van der Waals surface area contributed by atoms with Crippen LogP contribution in [0.15, 0.2) is 43.4 Å². The van der Waals surface area contributed by atoms with Crippen LogP contribution in [0.3, 0.4) is 0 Å². The molecule has 4 heterocycles. The summed E-state index contributed by atoms with van der Waals surface area (Å²) in [6, 6.07) is 1.94. The fraction of sp³-hybridized carbons (Fsp3) is 0.312. The number of piperazine rings is 1. The third kappa shape index (κ3) is 2.90. The van der Waals surface area contributed by atoms with Gasteiger partial charge in [-0.1, -0.05) is 0 Å². The van der Waals surface area contributed by atoms with E-state index in [4.69, 9.17) is 4.98 Å². The van der Waals surface area contributed by atoms with Crippen molar-refractivity contribution in [3.8, 4) is 11.3 Å². The van der Waals surface area contributed by atoms with Crippen molar-refractivity contribution >= 4 is 11.6 Å². The van der Waals surface area contributed by atoms with E-state index < -0.39 is 0 Å². The SMILES string of the molecule is Cn1cc(-c2cncc(N3CCN(c4ccncn4)CC3)n2)cn1. The normalized spacial score (nSPS) is 14.9. The minimum absolute atomic E-state index is 0.846. The van der Waals surface area contributed by atoms with Gasteiger partial charge in [0.15, 0.2) is 0 Å². The summed E-state index contributed by atoms with van der Waals surface area (Å²) in [4.78, 5) is 21.9. The van der Waals surface area contributed by atoms with Gasteiger partial charge in [0.25, 0.3) is 0 Å². The van der Waals surface area contributed by atoms with Gasteiger partial charge in [-0.25, -0.2) is 15.0 Å². The number of aromatic nitrogens is 6. The first-order chi connectivity index (χ1) is 11.8. The van der Waals surface area contributed by atoms with Gasteiger partial charge >= 0.3 is 0 Å². The Morgan fingerprint density at radius 2 is 1.71 bits per heavy atom. The summed E-state index contributed by atoms with van der Waals surface area (Å²) in [5.41, 5.74) is 1.82. The molecule has 0 saturated carbocycles. The van der Waals surface area contributed by atoms with Crippen molar-refractivity contribution < 1.29 is 0 Å². The molecule has 1 saturated heterocycles. The Labute approximate surface area is 139 Å². The first-order valence-electron chi connectivity index (χ1n) is 7.86. The van der Waals surface area contributed by atoms with E-state index in [0.29, 0.717) is 0 Å². The van der Waals surface area contributed by atoms with E-state index >= 15 is 0 Å². The quantitative estimate of drug-likeness (QED) is 0.712. The van der Waals surface area contributed by atoms with Gasteiger partial charge in [0.1, 0.15) is 18.0 Å². The van der Waals surface area contributed by atoms with Crippen molar-refractivity contribution in [1.29, 1.82) is 0 Å². The van der Waals surface area contributed by atoms with Gasteiger partial charge in [-0.05, 0) is 6.07 Å². The maximum atomic E-state index is 4.74. The third-order valence-electron chi connectivity index (χ3n) is 4.12. The molecule has 24 heavy (non-hydrogen) atoms. The first kappa shape index (κ1) is 14.6. The van der Waals surface area contributed by atoms with Crippen LogP contribution in [0.25, 0.3) is 11.3 Å². The Morgan fingerprint density at radius 1 is 0.917 bits per heavy atom. The average molecular weight is 322 g/mol. The summed E-state index contributed by atoms with van der Waals surface area (Å²) in [5.74, 6) is 1.87. The molecule has 0 atom stereocenters. The van der Waals surface area contributed by atoms with Gasteiger partial charge < -0.3 is 9.80 Å². The molecule has 0 amide bonds. The van der Waals surface area contributed by atoms with Crippen molar-refractivity contribution in [1.82, 2.24) is 29.7 Å². The van der Waals surface area contributed by atoms with Gasteiger partial charge in [0.2, 0.25) is 0 Å². The molecule has 3 aromatic heterocycles. The van der Waals surface area contributed by atoms with E-state index in [9.17, 15) is 0 Å². The number of nitrogens with zero attached hydrogens (tertiary/aromatic N) is 8. The Kier molecular flexibility index (Phi) is 3.78. The largest absolute Gasteiger partial charge is 0.353 e. The highest BCUT2D eigenvalue weighted by Gasteiger charge is 2.19. The summed E-state index contributed by atoms with van der Waals surface area (Å²) >= 11 is 0. The molecule has 4 rings (SSSR count). The molecule has 0 aliphatic carbocycles. The molecule has 0 radical (unpaired) electrons. The molecular weight excluding hydrogens is 304 g/mol. The fourth-order valence-electron chi connectivity index (χ4n) is 2.84. The second kappa shape index (κ2) is 6.23. The van der Waals surface area contributed by atoms with Crippen LogP contribution in [0, 0.1) is 0 Å². The maximum Gasteiger partial charge on any atom is 0.147 e. The number of hydrogen-bond acceptors (Lipinski definition) is 7. The highest BCUT2D eigenvalue weighted by atomic mass is 15.3. The molecule has 0 bridgehead atoms. The molecule has 1 aliphatic heterocycles. The summed E-state index contributed by atoms with van der Waals surface area (Å²) in [6.07, 6.45) is 10.7. The molecule has 0 aromatic carbocycles. The lowest BCUT2D eigenvalue weighted by Gasteiger charge is -2.35. The van der Waals surface area contributed by atoms with Crippen molar-refractivity contribution in [3.63, 3.8) is 0 Å². The summed E-state index contributed by atoms with van der Waals surface area (Å²) in [6.45, 7) is 3.57. The van der Waals surface area contributed by atoms with Crippen LogP contribution < -0.4 is 9.80 Å². The van der Waals surface area contributed by atoms with Crippen LogP contribution in [-0.4, -0.2) is 55.9 Å². The Balaban J connectivity index is 1.48. The van der Waals surface area contributed by atoms with Crippen LogP contribution in [-0.2, 0) is 7.05 Å². The molecule has 8 nitrogen and oxygen atoms in total. The van der Waals surface area contributed by atoms with Crippen LogP contribution >= 0.6 is 0 Å². The van der Waals surface area contributed by atoms with E-state index in [1.807, 2.05) is 25.5 Å². The highest BCUT2D eigenvalue weighted by Crippen LogP contribution is 2.20. The zero-order valence-corrected chi connectivity index (χ0v) is 13.4. The van der Waals surface area contributed by atoms with Crippen molar-refractivity contribution in [3.05, 3.63) is 43.4 Å². The Bertz CT molecular complexity index is 808. The fourth-order valence-corrected chi connectivity index (χ4v) is 2.84. The molecule has 122 valence electrons. The van der Waals surface area contributed by atoms with E-state index in [1.165, 1.54) is 0 Å². The van der Waals surface area contributed by atoms with E-state index in [1.54, 1.807) is 29.6 Å². The molecule has 0 spiro atoms. The van der Waals surface area contributed by atoms with Gasteiger partial charge in [-0.2, -0.15) is 5.10 Å². The number of anilines is 2. The molecule has 0 N–H and O–H groups in total. The maximum absolute atomic E-state index is 4.74. The van der Waals surface area contributed by atoms with E-state index in [-0.39, 0.29) is 0 Å². The molecule has 1 fully saturated rings. The lowest BCUT2D eigenvalue weighted by atomic mass is 10.2. The van der Waals surface area contributed by atoms with Crippen molar-refractivity contribution in [2.45, 2.75) is 0 Å².